The first-order chi connectivity index (χ1) is 8.06. The van der Waals surface area contributed by atoms with Crippen molar-refractivity contribution in [2.24, 2.45) is 0 Å². The molecule has 1 aromatic carbocycles. The Morgan fingerprint density at radius 1 is 1.18 bits per heavy atom. The van der Waals surface area contributed by atoms with E-state index in [2.05, 4.69) is 4.74 Å². The van der Waals surface area contributed by atoms with Crippen LogP contribution in [-0.4, -0.2) is 21.5 Å². The third-order valence-corrected chi connectivity index (χ3v) is 3.85. The lowest BCUT2D eigenvalue weighted by Crippen LogP contribution is -2.12. The van der Waals surface area contributed by atoms with Crippen molar-refractivity contribution >= 4 is 21.4 Å². The van der Waals surface area contributed by atoms with Gasteiger partial charge < -0.3 is 4.74 Å². The van der Waals surface area contributed by atoms with Gasteiger partial charge in [0.25, 0.3) is 0 Å². The van der Waals surface area contributed by atoms with Crippen LogP contribution in [0.3, 0.4) is 0 Å². The molecule has 0 saturated carbocycles. The van der Waals surface area contributed by atoms with Gasteiger partial charge in [0.1, 0.15) is 0 Å². The lowest BCUT2D eigenvalue weighted by molar-refractivity contribution is -0.135. The first-order valence-corrected chi connectivity index (χ1v) is 6.42. The Balaban J connectivity index is 2.65. The molecule has 0 spiro atoms. The second-order valence-corrected chi connectivity index (χ2v) is 5.22. The summed E-state index contributed by atoms with van der Waals surface area (Å²) in [4.78, 5) is 11.2. The molecule has 17 heavy (non-hydrogen) atoms. The second kappa shape index (κ2) is 4.18. The van der Waals surface area contributed by atoms with Crippen LogP contribution in [0.5, 0.6) is 0 Å². The van der Waals surface area contributed by atoms with Gasteiger partial charge >= 0.3 is 5.97 Å². The van der Waals surface area contributed by atoms with Crippen LogP contribution in [0.25, 0.3) is 5.57 Å². The molecule has 1 aromatic rings. The van der Waals surface area contributed by atoms with Crippen LogP contribution in [0.1, 0.15) is 5.56 Å². The SMILES string of the molecule is COC(=O)C1=C(c2ccccc2)C=CS1(=O)=O. The van der Waals surface area contributed by atoms with Gasteiger partial charge in [-0.15, -0.1) is 0 Å². The third-order valence-electron chi connectivity index (χ3n) is 2.40. The van der Waals surface area contributed by atoms with Crippen molar-refractivity contribution in [1.29, 1.82) is 0 Å². The van der Waals surface area contributed by atoms with Gasteiger partial charge in [-0.3, -0.25) is 0 Å². The molecule has 5 heteroatoms. The number of allylic oxidation sites excluding steroid dienone is 2. The summed E-state index contributed by atoms with van der Waals surface area (Å²) in [5.74, 6) is -0.839. The van der Waals surface area contributed by atoms with Crippen molar-refractivity contribution in [2.45, 2.75) is 0 Å². The molecular weight excluding hydrogens is 240 g/mol. The van der Waals surface area contributed by atoms with Crippen LogP contribution < -0.4 is 0 Å². The number of carbonyl (C=O) groups is 1. The number of rotatable bonds is 2. The molecule has 0 amide bonds. The average molecular weight is 250 g/mol. The number of hydrogen-bond donors (Lipinski definition) is 0. The van der Waals surface area contributed by atoms with Crippen molar-refractivity contribution in [1.82, 2.24) is 0 Å². The lowest BCUT2D eigenvalue weighted by Gasteiger charge is -2.04. The topological polar surface area (TPSA) is 60.4 Å². The lowest BCUT2D eigenvalue weighted by atomic mass is 10.1. The number of sulfone groups is 1. The Morgan fingerprint density at radius 3 is 2.41 bits per heavy atom. The van der Waals surface area contributed by atoms with E-state index in [0.717, 1.165) is 12.5 Å². The molecule has 0 bridgehead atoms. The molecule has 0 atom stereocenters. The largest absolute Gasteiger partial charge is 0.465 e. The molecule has 0 aliphatic carbocycles. The summed E-state index contributed by atoms with van der Waals surface area (Å²) >= 11 is 0. The van der Waals surface area contributed by atoms with Gasteiger partial charge in [0.2, 0.25) is 9.84 Å². The maximum absolute atomic E-state index is 11.7. The van der Waals surface area contributed by atoms with E-state index in [9.17, 15) is 13.2 Å². The van der Waals surface area contributed by atoms with E-state index in [0.29, 0.717) is 11.1 Å². The molecular formula is C12H10O4S. The van der Waals surface area contributed by atoms with Crippen LogP contribution in [0, 0.1) is 0 Å². The molecule has 0 aromatic heterocycles. The molecule has 0 N–H and O–H groups in total. The minimum Gasteiger partial charge on any atom is -0.465 e. The maximum Gasteiger partial charge on any atom is 0.350 e. The quantitative estimate of drug-likeness (QED) is 0.746. The zero-order chi connectivity index (χ0) is 12.5. The van der Waals surface area contributed by atoms with E-state index >= 15 is 0 Å². The van der Waals surface area contributed by atoms with Gasteiger partial charge in [0.05, 0.1) is 7.11 Å². The average Bonchev–Trinajstić information content (AvgIpc) is 2.65. The molecule has 88 valence electrons. The van der Waals surface area contributed by atoms with E-state index in [1.807, 2.05) is 6.07 Å². The Morgan fingerprint density at radius 2 is 1.82 bits per heavy atom. The molecule has 1 heterocycles. The molecule has 0 radical (unpaired) electrons. The van der Waals surface area contributed by atoms with Crippen molar-refractivity contribution in [3.8, 4) is 0 Å². The number of carbonyl (C=O) groups excluding carboxylic acids is 1. The third kappa shape index (κ3) is 2.01. The summed E-state index contributed by atoms with van der Waals surface area (Å²) in [6.45, 7) is 0. The second-order valence-electron chi connectivity index (χ2n) is 3.45. The van der Waals surface area contributed by atoms with E-state index < -0.39 is 15.8 Å². The van der Waals surface area contributed by atoms with Crippen molar-refractivity contribution in [3.63, 3.8) is 0 Å². The van der Waals surface area contributed by atoms with Crippen molar-refractivity contribution in [3.05, 3.63) is 52.3 Å². The van der Waals surface area contributed by atoms with E-state index in [1.165, 1.54) is 6.08 Å². The van der Waals surface area contributed by atoms with Gasteiger partial charge in [-0.05, 0) is 11.6 Å². The van der Waals surface area contributed by atoms with Crippen LogP contribution in [0.2, 0.25) is 0 Å². The van der Waals surface area contributed by atoms with E-state index in [4.69, 9.17) is 0 Å². The van der Waals surface area contributed by atoms with Crippen LogP contribution >= 0.6 is 0 Å². The summed E-state index contributed by atoms with van der Waals surface area (Å²) < 4.78 is 27.9. The summed E-state index contributed by atoms with van der Waals surface area (Å²) in [5, 5.41) is 1.02. The van der Waals surface area contributed by atoms with Crippen LogP contribution in [0.15, 0.2) is 46.7 Å². The van der Waals surface area contributed by atoms with Crippen molar-refractivity contribution in [2.75, 3.05) is 7.11 Å². The van der Waals surface area contributed by atoms with Gasteiger partial charge in [0.15, 0.2) is 4.91 Å². The normalized spacial score (nSPS) is 17.2. The fraction of sp³-hybridized carbons (Fsp3) is 0.0833. The Hall–Kier alpha value is -1.88. The predicted molar refractivity (Wildman–Crippen MR) is 63.4 cm³/mol. The Labute approximate surface area is 99.1 Å². The minimum absolute atomic E-state index is 0.300. The standard InChI is InChI=1S/C12H10O4S/c1-16-12(13)11-10(7-8-17(11,14)15)9-5-3-2-4-6-9/h2-8H,1H3. The van der Waals surface area contributed by atoms with Crippen molar-refractivity contribution < 1.29 is 17.9 Å². The number of hydrogen-bond acceptors (Lipinski definition) is 4. The molecule has 0 saturated heterocycles. The van der Waals surface area contributed by atoms with E-state index in [1.54, 1.807) is 24.3 Å². The summed E-state index contributed by atoms with van der Waals surface area (Å²) in [6.07, 6.45) is 1.41. The van der Waals surface area contributed by atoms with Gasteiger partial charge in [0, 0.05) is 11.0 Å². The molecule has 2 rings (SSSR count). The number of esters is 1. The number of methoxy groups -OCH3 is 1. The summed E-state index contributed by atoms with van der Waals surface area (Å²) in [5.41, 5.74) is 1.04. The zero-order valence-electron chi connectivity index (χ0n) is 9.08. The monoisotopic (exact) mass is 250 g/mol. The highest BCUT2D eigenvalue weighted by molar-refractivity contribution is 7.99. The smallest absolute Gasteiger partial charge is 0.350 e. The fourth-order valence-corrected chi connectivity index (χ4v) is 2.88. The maximum atomic E-state index is 11.7. The Bertz CT molecular complexity index is 609. The number of benzene rings is 1. The van der Waals surface area contributed by atoms with E-state index in [-0.39, 0.29) is 4.91 Å². The highest BCUT2D eigenvalue weighted by Crippen LogP contribution is 2.31. The summed E-state index contributed by atoms with van der Waals surface area (Å²) in [7, 11) is -2.51. The van der Waals surface area contributed by atoms with Crippen LogP contribution in [0.4, 0.5) is 0 Å². The van der Waals surface area contributed by atoms with Gasteiger partial charge in [-0.25, -0.2) is 13.2 Å². The first kappa shape index (κ1) is 11.6. The Kier molecular flexibility index (Phi) is 2.85. The zero-order valence-corrected chi connectivity index (χ0v) is 9.90. The number of ether oxygens (including phenoxy) is 1. The minimum atomic E-state index is -3.67. The van der Waals surface area contributed by atoms with Gasteiger partial charge in [-0.1, -0.05) is 30.3 Å². The molecule has 1 aliphatic rings. The van der Waals surface area contributed by atoms with Gasteiger partial charge in [-0.2, -0.15) is 0 Å². The molecule has 0 fully saturated rings. The molecule has 1 aliphatic heterocycles. The molecule has 4 nitrogen and oxygen atoms in total. The highest BCUT2D eigenvalue weighted by Gasteiger charge is 2.31. The first-order valence-electron chi connectivity index (χ1n) is 4.87. The fourth-order valence-electron chi connectivity index (χ4n) is 1.62. The highest BCUT2D eigenvalue weighted by atomic mass is 32.2. The predicted octanol–water partition coefficient (Wildman–Crippen LogP) is 1.51. The van der Waals surface area contributed by atoms with Crippen LogP contribution in [-0.2, 0) is 19.4 Å². The molecule has 0 unspecified atom stereocenters. The summed E-state index contributed by atoms with van der Waals surface area (Å²) in [6, 6.07) is 8.84.